The summed E-state index contributed by atoms with van der Waals surface area (Å²) in [6.45, 7) is 27.4. The molecule has 0 aliphatic carbocycles. The van der Waals surface area contributed by atoms with Crippen LogP contribution in [0.5, 0.6) is 11.5 Å². The van der Waals surface area contributed by atoms with Crippen molar-refractivity contribution < 1.29 is 9.47 Å². The maximum Gasteiger partial charge on any atom is 0.170 e. The summed E-state index contributed by atoms with van der Waals surface area (Å²) in [5.41, 5.74) is 1.66. The molecule has 0 bridgehead atoms. The van der Waals surface area contributed by atoms with Crippen molar-refractivity contribution in [2.75, 3.05) is 13.2 Å². The van der Waals surface area contributed by atoms with Gasteiger partial charge in [-0.05, 0) is 83.4 Å². The average Bonchev–Trinajstić information content (AvgIpc) is 3.91. The Kier molecular flexibility index (Phi) is 18.0. The molecule has 53 heavy (non-hydrogen) atoms. The predicted octanol–water partition coefficient (Wildman–Crippen LogP) is 17.5. The first-order valence-electron chi connectivity index (χ1n) is 22.0. The fourth-order valence-corrected chi connectivity index (χ4v) is 12.3. The number of unbranched alkanes of at least 4 members (excludes halogenated alkanes) is 3. The summed E-state index contributed by atoms with van der Waals surface area (Å²) in [7, 11) is 0. The van der Waals surface area contributed by atoms with Gasteiger partial charge in [0.25, 0.3) is 0 Å². The molecule has 0 amide bonds. The standard InChI is InChI=1S/C48H76O2S3/c1-12-20-22-26-37(36(19-8)35(18-7)24-15-4)38-27-28-51-45(38)41-29-39-43(49-31-33(16-5)23-14-3)44(50-32-34(17-6)25-21-13-2)40-30-42(48(9,10)11)53-47(40)46(39)52-41/h27-30,33-37H,12-26,31-32H2,1-11H3. The van der Waals surface area contributed by atoms with E-state index in [1.807, 2.05) is 34.0 Å². The zero-order valence-electron chi connectivity index (χ0n) is 35.8. The number of thiophene rings is 3. The zero-order valence-corrected chi connectivity index (χ0v) is 38.2. The quantitative estimate of drug-likeness (QED) is 0.0624. The fraction of sp³-hybridized carbons (Fsp3) is 0.708. The Bertz CT molecular complexity index is 1630. The van der Waals surface area contributed by atoms with E-state index >= 15 is 0 Å². The molecule has 4 aromatic rings. The number of fused-ring (bicyclic) bond motifs is 3. The van der Waals surface area contributed by atoms with Crippen LogP contribution in [-0.4, -0.2) is 13.2 Å². The van der Waals surface area contributed by atoms with Crippen molar-refractivity contribution in [3.8, 4) is 21.3 Å². The van der Waals surface area contributed by atoms with Crippen molar-refractivity contribution in [1.82, 2.24) is 0 Å². The molecule has 0 saturated heterocycles. The van der Waals surface area contributed by atoms with E-state index in [2.05, 4.69) is 99.7 Å². The van der Waals surface area contributed by atoms with E-state index in [-0.39, 0.29) is 5.41 Å². The minimum Gasteiger partial charge on any atom is -0.489 e. The van der Waals surface area contributed by atoms with Crippen molar-refractivity contribution in [2.24, 2.45) is 23.7 Å². The molecule has 0 fully saturated rings. The van der Waals surface area contributed by atoms with Crippen LogP contribution in [0.2, 0.25) is 0 Å². The summed E-state index contributed by atoms with van der Waals surface area (Å²) in [5, 5.41) is 4.90. The van der Waals surface area contributed by atoms with Crippen LogP contribution in [0.15, 0.2) is 23.6 Å². The summed E-state index contributed by atoms with van der Waals surface area (Å²) in [6, 6.07) is 7.46. The van der Waals surface area contributed by atoms with Gasteiger partial charge < -0.3 is 9.47 Å². The first-order valence-corrected chi connectivity index (χ1v) is 24.5. The first-order chi connectivity index (χ1) is 25.6. The third-order valence-electron chi connectivity index (χ3n) is 12.1. The summed E-state index contributed by atoms with van der Waals surface area (Å²) in [4.78, 5) is 4.32. The lowest BCUT2D eigenvalue weighted by molar-refractivity contribution is 0.203. The van der Waals surface area contributed by atoms with E-state index in [0.717, 1.165) is 49.4 Å². The molecule has 5 heteroatoms. The lowest BCUT2D eigenvalue weighted by Crippen LogP contribution is -2.22. The second kappa shape index (κ2) is 21.7. The molecule has 0 aliphatic heterocycles. The highest BCUT2D eigenvalue weighted by Gasteiger charge is 2.32. The maximum absolute atomic E-state index is 7.10. The van der Waals surface area contributed by atoms with E-state index in [0.29, 0.717) is 17.8 Å². The van der Waals surface area contributed by atoms with Crippen LogP contribution >= 0.6 is 34.0 Å². The minimum absolute atomic E-state index is 0.0615. The van der Waals surface area contributed by atoms with Crippen LogP contribution in [0.4, 0.5) is 0 Å². The first kappa shape index (κ1) is 44.2. The van der Waals surface area contributed by atoms with Gasteiger partial charge in [0, 0.05) is 25.4 Å². The summed E-state index contributed by atoms with van der Waals surface area (Å²) < 4.78 is 16.9. The monoisotopic (exact) mass is 781 g/mol. The molecule has 0 aliphatic rings. The van der Waals surface area contributed by atoms with Gasteiger partial charge in [-0.3, -0.25) is 0 Å². The van der Waals surface area contributed by atoms with Crippen LogP contribution in [0.1, 0.15) is 189 Å². The molecule has 4 rings (SSSR count). The van der Waals surface area contributed by atoms with E-state index in [4.69, 9.17) is 9.47 Å². The smallest absolute Gasteiger partial charge is 0.170 e. The second-order valence-electron chi connectivity index (χ2n) is 17.1. The SMILES string of the molecule is CCCCCC(c1ccsc1-c1cc2c(OCC(CC)CCC)c(OCC(CC)CCCC)c3cc(C(C)(C)C)sc3c2s1)C(CC)C(CC)CCC. The Morgan fingerprint density at radius 1 is 0.623 bits per heavy atom. The van der Waals surface area contributed by atoms with Crippen LogP contribution in [0, 0.1) is 23.7 Å². The van der Waals surface area contributed by atoms with Gasteiger partial charge in [-0.15, -0.1) is 34.0 Å². The zero-order chi connectivity index (χ0) is 38.5. The van der Waals surface area contributed by atoms with Gasteiger partial charge in [-0.1, -0.05) is 153 Å². The molecular weight excluding hydrogens is 705 g/mol. The second-order valence-corrected chi connectivity index (χ2v) is 20.1. The van der Waals surface area contributed by atoms with Crippen LogP contribution in [0.25, 0.3) is 29.9 Å². The van der Waals surface area contributed by atoms with E-state index < -0.39 is 0 Å². The molecule has 3 aromatic heterocycles. The Morgan fingerprint density at radius 2 is 1.25 bits per heavy atom. The van der Waals surface area contributed by atoms with Gasteiger partial charge in [0.15, 0.2) is 11.5 Å². The normalized spacial score (nSPS) is 15.2. The van der Waals surface area contributed by atoms with E-state index in [1.54, 1.807) is 5.56 Å². The van der Waals surface area contributed by atoms with Gasteiger partial charge in [0.1, 0.15) is 0 Å². The lowest BCUT2D eigenvalue weighted by Gasteiger charge is -2.33. The van der Waals surface area contributed by atoms with E-state index in [9.17, 15) is 0 Å². The largest absolute Gasteiger partial charge is 0.489 e. The molecule has 0 saturated carbocycles. The van der Waals surface area contributed by atoms with Crippen molar-refractivity contribution in [3.05, 3.63) is 34.0 Å². The Labute approximate surface area is 337 Å². The van der Waals surface area contributed by atoms with Crippen LogP contribution in [-0.2, 0) is 5.41 Å². The highest BCUT2D eigenvalue weighted by molar-refractivity contribution is 7.30. The summed E-state index contributed by atoms with van der Waals surface area (Å²) in [6.07, 6.45) is 18.7. The lowest BCUT2D eigenvalue weighted by atomic mass is 9.72. The molecule has 298 valence electrons. The molecule has 1 aromatic carbocycles. The highest BCUT2D eigenvalue weighted by Crippen LogP contribution is 2.54. The van der Waals surface area contributed by atoms with Gasteiger partial charge in [-0.25, -0.2) is 0 Å². The number of hydrogen-bond donors (Lipinski definition) is 0. The highest BCUT2D eigenvalue weighted by atomic mass is 32.1. The third-order valence-corrected chi connectivity index (χ3v) is 16.0. The number of ether oxygens (including phenoxy) is 2. The predicted molar refractivity (Wildman–Crippen MR) is 242 cm³/mol. The Balaban J connectivity index is 1.95. The topological polar surface area (TPSA) is 18.5 Å². The fourth-order valence-electron chi connectivity index (χ4n) is 8.65. The van der Waals surface area contributed by atoms with Gasteiger partial charge in [-0.2, -0.15) is 0 Å². The van der Waals surface area contributed by atoms with E-state index in [1.165, 1.54) is 118 Å². The molecule has 2 nitrogen and oxygen atoms in total. The summed E-state index contributed by atoms with van der Waals surface area (Å²) in [5.74, 6) is 5.20. The summed E-state index contributed by atoms with van der Waals surface area (Å²) >= 11 is 5.96. The van der Waals surface area contributed by atoms with Crippen LogP contribution in [0.3, 0.4) is 0 Å². The molecule has 5 atom stereocenters. The number of hydrogen-bond acceptors (Lipinski definition) is 5. The minimum atomic E-state index is 0.0615. The van der Waals surface area contributed by atoms with Gasteiger partial charge in [0.2, 0.25) is 0 Å². The van der Waals surface area contributed by atoms with Crippen LogP contribution < -0.4 is 9.47 Å². The molecule has 5 unspecified atom stereocenters. The molecule has 3 heterocycles. The third kappa shape index (κ3) is 11.1. The average molecular weight is 781 g/mol. The van der Waals surface area contributed by atoms with Crippen molar-refractivity contribution in [2.45, 2.75) is 184 Å². The van der Waals surface area contributed by atoms with Crippen molar-refractivity contribution in [1.29, 1.82) is 0 Å². The maximum atomic E-state index is 7.10. The molecule has 0 radical (unpaired) electrons. The number of rotatable bonds is 25. The molecule has 0 N–H and O–H groups in total. The van der Waals surface area contributed by atoms with Crippen molar-refractivity contribution in [3.63, 3.8) is 0 Å². The molecular formula is C48H76O2S3. The Hall–Kier alpha value is -1.56. The molecule has 0 spiro atoms. The van der Waals surface area contributed by atoms with Gasteiger partial charge in [0.05, 0.1) is 22.6 Å². The van der Waals surface area contributed by atoms with Gasteiger partial charge >= 0.3 is 0 Å². The van der Waals surface area contributed by atoms with Crippen molar-refractivity contribution >= 4 is 54.2 Å². The Morgan fingerprint density at radius 3 is 1.81 bits per heavy atom. The number of benzene rings is 1.